The molecule has 2 aliphatic rings. The molecule has 1 amide bonds. The highest BCUT2D eigenvalue weighted by atomic mass is 35.5. The van der Waals surface area contributed by atoms with Gasteiger partial charge in [0.25, 0.3) is 0 Å². The highest BCUT2D eigenvalue weighted by Gasteiger charge is 2.39. The van der Waals surface area contributed by atoms with E-state index in [4.69, 9.17) is 16.3 Å². The van der Waals surface area contributed by atoms with Crippen LogP contribution in [0.3, 0.4) is 0 Å². The van der Waals surface area contributed by atoms with E-state index in [2.05, 4.69) is 39.2 Å². The first-order valence-electron chi connectivity index (χ1n) is 13.0. The van der Waals surface area contributed by atoms with Crippen LogP contribution in [0.1, 0.15) is 30.1 Å². The maximum Gasteiger partial charge on any atom is 0.433 e. The highest BCUT2D eigenvalue weighted by Crippen LogP contribution is 2.39. The molecule has 0 radical (unpaired) electrons. The zero-order valence-corrected chi connectivity index (χ0v) is 22.7. The SMILES string of the molecule is COC(=O)N1CCN(c2ccc(-c3ccc(Cl)cc3N3CCCC(n4ncc(C)c4C(F)(F)F)C3)cc2)CC1. The first-order chi connectivity index (χ1) is 18.7. The monoisotopic (exact) mass is 561 g/mol. The first kappa shape index (κ1) is 27.2. The minimum absolute atomic E-state index is 0.134. The predicted octanol–water partition coefficient (Wildman–Crippen LogP) is 6.26. The standard InChI is InChI=1S/C28H31ClF3N5O2/c1-19-17-33-37(26(19)28(30,31)32)23-4-3-11-36(18-23)25-16-21(29)7-10-24(25)20-5-8-22(9-6-20)34-12-14-35(15-13-34)27(38)39-2/h5-10,16-17,23H,3-4,11-15,18H2,1-2H3. The number of methoxy groups -OCH3 is 1. The predicted molar refractivity (Wildman–Crippen MR) is 146 cm³/mol. The van der Waals surface area contributed by atoms with Gasteiger partial charge in [-0.15, -0.1) is 0 Å². The van der Waals surface area contributed by atoms with Crippen LogP contribution in [0, 0.1) is 6.92 Å². The van der Waals surface area contributed by atoms with E-state index in [0.29, 0.717) is 50.7 Å². The van der Waals surface area contributed by atoms with Crippen molar-refractivity contribution >= 4 is 29.1 Å². The smallest absolute Gasteiger partial charge is 0.433 e. The Balaban J connectivity index is 1.37. The molecule has 1 atom stereocenters. The van der Waals surface area contributed by atoms with E-state index in [1.54, 1.807) is 4.90 Å². The quantitative estimate of drug-likeness (QED) is 0.376. The third-order valence-electron chi connectivity index (χ3n) is 7.55. The fraction of sp³-hybridized carbons (Fsp3) is 0.429. The summed E-state index contributed by atoms with van der Waals surface area (Å²) in [5, 5.41) is 4.69. The normalized spacial score (nSPS) is 18.4. The van der Waals surface area contributed by atoms with Crippen LogP contribution in [0.5, 0.6) is 0 Å². The van der Waals surface area contributed by atoms with Crippen molar-refractivity contribution in [2.45, 2.75) is 32.0 Å². The Labute approximate surface area is 230 Å². The topological polar surface area (TPSA) is 53.8 Å². The lowest BCUT2D eigenvalue weighted by Crippen LogP contribution is -2.48. The Hall–Kier alpha value is -3.40. The van der Waals surface area contributed by atoms with Crippen LogP contribution in [0.25, 0.3) is 11.1 Å². The Morgan fingerprint density at radius 1 is 1.03 bits per heavy atom. The van der Waals surface area contributed by atoms with Crippen molar-refractivity contribution in [3.63, 3.8) is 0 Å². The largest absolute Gasteiger partial charge is 0.453 e. The van der Waals surface area contributed by atoms with E-state index < -0.39 is 17.9 Å². The third kappa shape index (κ3) is 5.66. The molecule has 1 unspecified atom stereocenters. The molecule has 0 spiro atoms. The maximum atomic E-state index is 13.8. The molecule has 39 heavy (non-hydrogen) atoms. The number of nitrogens with zero attached hydrogens (tertiary/aromatic N) is 5. The van der Waals surface area contributed by atoms with Crippen molar-refractivity contribution in [3.8, 4) is 11.1 Å². The van der Waals surface area contributed by atoms with Crippen molar-refractivity contribution in [1.82, 2.24) is 14.7 Å². The van der Waals surface area contributed by atoms with Crippen LogP contribution in [0.2, 0.25) is 5.02 Å². The minimum atomic E-state index is -4.46. The van der Waals surface area contributed by atoms with Crippen molar-refractivity contribution in [2.75, 3.05) is 56.2 Å². The molecular weight excluding hydrogens is 531 g/mol. The average Bonchev–Trinajstić information content (AvgIpc) is 3.35. The van der Waals surface area contributed by atoms with Gasteiger partial charge in [0, 0.05) is 61.2 Å². The molecule has 2 fully saturated rings. The number of hydrogen-bond donors (Lipinski definition) is 0. The van der Waals surface area contributed by atoms with Gasteiger partial charge >= 0.3 is 12.3 Å². The van der Waals surface area contributed by atoms with Crippen molar-refractivity contribution in [1.29, 1.82) is 0 Å². The zero-order valence-electron chi connectivity index (χ0n) is 21.9. The van der Waals surface area contributed by atoms with E-state index in [1.165, 1.54) is 20.2 Å². The third-order valence-corrected chi connectivity index (χ3v) is 7.78. The van der Waals surface area contributed by atoms with Gasteiger partial charge in [0.05, 0.1) is 19.3 Å². The van der Waals surface area contributed by atoms with Gasteiger partial charge in [-0.2, -0.15) is 18.3 Å². The summed E-state index contributed by atoms with van der Waals surface area (Å²) in [7, 11) is 1.39. The molecule has 0 bridgehead atoms. The van der Waals surface area contributed by atoms with Crippen LogP contribution < -0.4 is 9.80 Å². The lowest BCUT2D eigenvalue weighted by molar-refractivity contribution is -0.145. The lowest BCUT2D eigenvalue weighted by Gasteiger charge is -2.36. The fourth-order valence-corrected chi connectivity index (χ4v) is 5.76. The summed E-state index contributed by atoms with van der Waals surface area (Å²) in [4.78, 5) is 17.8. The lowest BCUT2D eigenvalue weighted by atomic mass is 9.99. The first-order valence-corrected chi connectivity index (χ1v) is 13.4. The van der Waals surface area contributed by atoms with E-state index in [-0.39, 0.29) is 11.7 Å². The average molecular weight is 562 g/mol. The number of ether oxygens (including phenoxy) is 1. The molecule has 2 saturated heterocycles. The number of rotatable bonds is 4. The molecule has 3 heterocycles. The number of piperidine rings is 1. The molecule has 3 aromatic rings. The van der Waals surface area contributed by atoms with E-state index in [9.17, 15) is 18.0 Å². The summed E-state index contributed by atoms with van der Waals surface area (Å²) < 4.78 is 47.3. The summed E-state index contributed by atoms with van der Waals surface area (Å²) in [5.41, 5.74) is 3.37. The Morgan fingerprint density at radius 2 is 1.74 bits per heavy atom. The minimum Gasteiger partial charge on any atom is -0.453 e. The van der Waals surface area contributed by atoms with Crippen LogP contribution in [-0.2, 0) is 10.9 Å². The molecule has 208 valence electrons. The number of benzene rings is 2. The molecule has 2 aliphatic heterocycles. The van der Waals surface area contributed by atoms with E-state index >= 15 is 0 Å². The number of aromatic nitrogens is 2. The Bertz CT molecular complexity index is 1320. The van der Waals surface area contributed by atoms with Gasteiger partial charge in [-0.3, -0.25) is 4.68 Å². The van der Waals surface area contributed by atoms with E-state index in [1.807, 2.05) is 18.2 Å². The van der Waals surface area contributed by atoms with Crippen LogP contribution in [-0.4, -0.2) is 67.2 Å². The second-order valence-electron chi connectivity index (χ2n) is 10.0. The van der Waals surface area contributed by atoms with Gasteiger partial charge in [0.15, 0.2) is 0 Å². The maximum absolute atomic E-state index is 13.8. The van der Waals surface area contributed by atoms with Gasteiger partial charge < -0.3 is 19.4 Å². The molecule has 11 heteroatoms. The number of piperazine rings is 1. The van der Waals surface area contributed by atoms with Crippen LogP contribution in [0.4, 0.5) is 29.3 Å². The Kier molecular flexibility index (Phi) is 7.66. The van der Waals surface area contributed by atoms with Gasteiger partial charge in [0.1, 0.15) is 5.69 Å². The summed E-state index contributed by atoms with van der Waals surface area (Å²) >= 11 is 6.40. The van der Waals surface area contributed by atoms with Crippen molar-refractivity contribution in [3.05, 3.63) is 64.9 Å². The zero-order chi connectivity index (χ0) is 27.7. The van der Waals surface area contributed by atoms with Gasteiger partial charge in [-0.1, -0.05) is 29.8 Å². The van der Waals surface area contributed by atoms with Crippen LogP contribution in [0.15, 0.2) is 48.7 Å². The number of anilines is 2. The number of hydrogen-bond acceptors (Lipinski definition) is 5. The number of carbonyl (C=O) groups excluding carboxylic acids is 1. The van der Waals surface area contributed by atoms with Crippen LogP contribution >= 0.6 is 11.6 Å². The second kappa shape index (κ2) is 11.0. The number of alkyl halides is 3. The van der Waals surface area contributed by atoms with Crippen molar-refractivity contribution < 1.29 is 22.7 Å². The molecule has 0 saturated carbocycles. The molecular formula is C28H31ClF3N5O2. The van der Waals surface area contributed by atoms with Crippen molar-refractivity contribution in [2.24, 2.45) is 0 Å². The highest BCUT2D eigenvalue weighted by molar-refractivity contribution is 6.31. The molecule has 0 aliphatic carbocycles. The van der Waals surface area contributed by atoms with Gasteiger partial charge in [-0.25, -0.2) is 4.79 Å². The summed E-state index contributed by atoms with van der Waals surface area (Å²) in [5.74, 6) is 0. The molecule has 5 rings (SSSR count). The number of aryl methyl sites for hydroxylation is 1. The molecule has 1 aromatic heterocycles. The Morgan fingerprint density at radius 3 is 2.41 bits per heavy atom. The molecule has 2 aromatic carbocycles. The number of carbonyl (C=O) groups is 1. The number of amides is 1. The van der Waals surface area contributed by atoms with Gasteiger partial charge in [0.2, 0.25) is 0 Å². The van der Waals surface area contributed by atoms with Gasteiger partial charge in [-0.05, 0) is 55.2 Å². The number of halogens is 4. The summed E-state index contributed by atoms with van der Waals surface area (Å²) in [6.45, 7) is 5.18. The summed E-state index contributed by atoms with van der Waals surface area (Å²) in [6, 6.07) is 13.5. The fourth-order valence-electron chi connectivity index (χ4n) is 5.59. The molecule has 0 N–H and O–H groups in total. The second-order valence-corrected chi connectivity index (χ2v) is 10.4. The summed E-state index contributed by atoms with van der Waals surface area (Å²) in [6.07, 6.45) is -2.11. The molecule has 7 nitrogen and oxygen atoms in total. The van der Waals surface area contributed by atoms with E-state index in [0.717, 1.165) is 33.6 Å².